The number of sulfonamides is 1. The van der Waals surface area contributed by atoms with Crippen molar-refractivity contribution in [3.8, 4) is 0 Å². The van der Waals surface area contributed by atoms with E-state index in [9.17, 15) is 26.4 Å². The van der Waals surface area contributed by atoms with Crippen LogP contribution in [0.3, 0.4) is 0 Å². The van der Waals surface area contributed by atoms with E-state index in [1.807, 2.05) is 6.92 Å². The van der Waals surface area contributed by atoms with Crippen molar-refractivity contribution in [2.24, 2.45) is 0 Å². The predicted octanol–water partition coefficient (Wildman–Crippen LogP) is 3.93. The van der Waals surface area contributed by atoms with Crippen LogP contribution < -0.4 is 5.32 Å². The minimum Gasteiger partial charge on any atom is -0.325 e. The maximum atomic E-state index is 12.9. The molecule has 0 aliphatic carbocycles. The number of anilines is 1. The van der Waals surface area contributed by atoms with Gasteiger partial charge in [-0.25, -0.2) is 8.42 Å². The molecule has 0 saturated heterocycles. The summed E-state index contributed by atoms with van der Waals surface area (Å²) in [5.74, 6) is -0.630. The number of rotatable bonds is 5. The highest BCUT2D eigenvalue weighted by Crippen LogP contribution is 2.36. The van der Waals surface area contributed by atoms with Crippen LogP contribution in [0.15, 0.2) is 47.4 Å². The Hall–Kier alpha value is -2.10. The average Bonchev–Trinajstić information content (AvgIpc) is 2.56. The third-order valence-corrected chi connectivity index (χ3v) is 5.78. The molecule has 0 radical (unpaired) electrons. The summed E-state index contributed by atoms with van der Waals surface area (Å²) in [6.07, 6.45) is -4.80. The Morgan fingerprint density at radius 1 is 1.15 bits per heavy atom. The molecule has 0 aromatic heterocycles. The van der Waals surface area contributed by atoms with Crippen LogP contribution in [0.2, 0.25) is 5.02 Å². The molecule has 0 fully saturated rings. The lowest BCUT2D eigenvalue weighted by molar-refractivity contribution is -0.137. The molecule has 1 N–H and O–H groups in total. The maximum Gasteiger partial charge on any atom is 0.417 e. The Bertz CT molecular complexity index is 945. The third kappa shape index (κ3) is 5.21. The summed E-state index contributed by atoms with van der Waals surface area (Å²) in [6, 6.07) is 9.10. The molecule has 2 rings (SSSR count). The Kier molecular flexibility index (Phi) is 6.18. The van der Waals surface area contributed by atoms with Crippen LogP contribution in [0.5, 0.6) is 0 Å². The maximum absolute atomic E-state index is 12.9. The lowest BCUT2D eigenvalue weighted by Gasteiger charge is -2.18. The number of alkyl halides is 3. The SMILES string of the molecule is Cc1ccc(NC(=O)CN(C)S(=O)(=O)c2ccc(Cl)c(C(F)(F)F)c2)cc1. The Labute approximate surface area is 159 Å². The molecule has 0 spiro atoms. The van der Waals surface area contributed by atoms with Gasteiger partial charge >= 0.3 is 6.18 Å². The quantitative estimate of drug-likeness (QED) is 0.797. The van der Waals surface area contributed by atoms with Crippen molar-refractivity contribution < 1.29 is 26.4 Å². The van der Waals surface area contributed by atoms with E-state index >= 15 is 0 Å². The second-order valence-electron chi connectivity index (χ2n) is 5.81. The fourth-order valence-corrected chi connectivity index (χ4v) is 3.57. The topological polar surface area (TPSA) is 66.5 Å². The number of nitrogens with one attached hydrogen (secondary N) is 1. The molecule has 10 heteroatoms. The summed E-state index contributed by atoms with van der Waals surface area (Å²) in [4.78, 5) is 11.4. The van der Waals surface area contributed by atoms with Gasteiger partial charge in [-0.3, -0.25) is 4.79 Å². The number of carbonyl (C=O) groups is 1. The van der Waals surface area contributed by atoms with Gasteiger partial charge in [-0.15, -0.1) is 0 Å². The number of nitrogens with zero attached hydrogens (tertiary/aromatic N) is 1. The van der Waals surface area contributed by atoms with Crippen molar-refractivity contribution in [3.63, 3.8) is 0 Å². The number of carbonyl (C=O) groups excluding carboxylic acids is 1. The normalized spacial score (nSPS) is 12.3. The monoisotopic (exact) mass is 420 g/mol. The molecule has 5 nitrogen and oxygen atoms in total. The molecule has 0 aliphatic heterocycles. The van der Waals surface area contributed by atoms with Gasteiger partial charge in [0.1, 0.15) is 0 Å². The second kappa shape index (κ2) is 7.87. The lowest BCUT2D eigenvalue weighted by Crippen LogP contribution is -2.35. The predicted molar refractivity (Wildman–Crippen MR) is 96.1 cm³/mol. The van der Waals surface area contributed by atoms with E-state index in [4.69, 9.17) is 11.6 Å². The zero-order valence-electron chi connectivity index (χ0n) is 14.3. The van der Waals surface area contributed by atoms with E-state index in [0.717, 1.165) is 24.7 Å². The van der Waals surface area contributed by atoms with Crippen molar-refractivity contribution in [1.29, 1.82) is 0 Å². The number of aryl methyl sites for hydroxylation is 1. The number of hydrogen-bond donors (Lipinski definition) is 1. The van der Waals surface area contributed by atoms with Crippen LogP contribution in [0, 0.1) is 6.92 Å². The fraction of sp³-hybridized carbons (Fsp3) is 0.235. The molecule has 0 atom stereocenters. The summed E-state index contributed by atoms with van der Waals surface area (Å²) in [5.41, 5.74) is 0.195. The molecule has 2 aromatic carbocycles. The van der Waals surface area contributed by atoms with Crippen molar-refractivity contribution in [2.45, 2.75) is 18.0 Å². The molecule has 0 bridgehead atoms. The summed E-state index contributed by atoms with van der Waals surface area (Å²) in [7, 11) is -3.22. The second-order valence-corrected chi connectivity index (χ2v) is 8.27. The standard InChI is InChI=1S/C17H16ClF3N2O3S/c1-11-3-5-12(6-4-11)22-16(24)10-23(2)27(25,26)13-7-8-15(18)14(9-13)17(19,20)21/h3-9H,10H2,1-2H3,(H,22,24). The highest BCUT2D eigenvalue weighted by molar-refractivity contribution is 7.89. The van der Waals surface area contributed by atoms with Gasteiger partial charge < -0.3 is 5.32 Å². The van der Waals surface area contributed by atoms with Gasteiger partial charge in [0.25, 0.3) is 0 Å². The molecule has 2 aromatic rings. The minimum absolute atomic E-state index is 0.450. The molecule has 1 amide bonds. The largest absolute Gasteiger partial charge is 0.417 e. The number of halogens is 4. The van der Waals surface area contributed by atoms with Gasteiger partial charge in [0.05, 0.1) is 22.0 Å². The van der Waals surface area contributed by atoms with Gasteiger partial charge in [0.15, 0.2) is 0 Å². The van der Waals surface area contributed by atoms with E-state index in [2.05, 4.69) is 5.32 Å². The zero-order chi connectivity index (χ0) is 20.4. The molecule has 0 unspecified atom stereocenters. The first-order chi connectivity index (χ1) is 12.4. The Morgan fingerprint density at radius 3 is 2.30 bits per heavy atom. The first-order valence-corrected chi connectivity index (χ1v) is 9.42. The van der Waals surface area contributed by atoms with Gasteiger partial charge in [0.2, 0.25) is 15.9 Å². The van der Waals surface area contributed by atoms with Crippen LogP contribution in [0.4, 0.5) is 18.9 Å². The van der Waals surface area contributed by atoms with E-state index in [1.54, 1.807) is 24.3 Å². The molecule has 0 aliphatic rings. The smallest absolute Gasteiger partial charge is 0.325 e. The summed E-state index contributed by atoms with van der Waals surface area (Å²) < 4.78 is 64.5. The van der Waals surface area contributed by atoms with Crippen LogP contribution >= 0.6 is 11.6 Å². The molecular formula is C17H16ClF3N2O3S. The molecule has 27 heavy (non-hydrogen) atoms. The summed E-state index contributed by atoms with van der Waals surface area (Å²) >= 11 is 5.50. The Balaban J connectivity index is 2.18. The van der Waals surface area contributed by atoms with Crippen LogP contribution in [-0.4, -0.2) is 32.2 Å². The van der Waals surface area contributed by atoms with Gasteiger partial charge in [-0.05, 0) is 37.3 Å². The average molecular weight is 421 g/mol. The zero-order valence-corrected chi connectivity index (χ0v) is 15.9. The van der Waals surface area contributed by atoms with Crippen LogP contribution in [0.25, 0.3) is 0 Å². The van der Waals surface area contributed by atoms with Crippen molar-refractivity contribution in [3.05, 3.63) is 58.6 Å². The highest BCUT2D eigenvalue weighted by Gasteiger charge is 2.35. The highest BCUT2D eigenvalue weighted by atomic mass is 35.5. The summed E-state index contributed by atoms with van der Waals surface area (Å²) in [6.45, 7) is 1.30. The first-order valence-electron chi connectivity index (χ1n) is 7.61. The van der Waals surface area contributed by atoms with E-state index in [1.165, 1.54) is 0 Å². The first kappa shape index (κ1) is 21.2. The van der Waals surface area contributed by atoms with Crippen molar-refractivity contribution in [1.82, 2.24) is 4.31 Å². The van der Waals surface area contributed by atoms with E-state index in [0.29, 0.717) is 16.1 Å². The lowest BCUT2D eigenvalue weighted by atomic mass is 10.2. The fourth-order valence-electron chi connectivity index (χ4n) is 2.19. The third-order valence-electron chi connectivity index (χ3n) is 3.65. The van der Waals surface area contributed by atoms with Gasteiger partial charge in [-0.1, -0.05) is 29.3 Å². The molecular weight excluding hydrogens is 405 g/mol. The number of amides is 1. The minimum atomic E-state index is -4.80. The van der Waals surface area contributed by atoms with Gasteiger partial charge in [0, 0.05) is 12.7 Å². The molecule has 0 saturated carbocycles. The van der Waals surface area contributed by atoms with E-state index < -0.39 is 44.1 Å². The van der Waals surface area contributed by atoms with Crippen molar-refractivity contribution in [2.75, 3.05) is 18.9 Å². The number of likely N-dealkylation sites (N-methyl/N-ethyl adjacent to an activating group) is 1. The van der Waals surface area contributed by atoms with Crippen molar-refractivity contribution >= 4 is 33.2 Å². The molecule has 146 valence electrons. The Morgan fingerprint density at radius 2 is 1.74 bits per heavy atom. The molecule has 0 heterocycles. The van der Waals surface area contributed by atoms with Crippen LogP contribution in [-0.2, 0) is 21.0 Å². The van der Waals surface area contributed by atoms with Crippen LogP contribution in [0.1, 0.15) is 11.1 Å². The van der Waals surface area contributed by atoms with Gasteiger partial charge in [-0.2, -0.15) is 17.5 Å². The van der Waals surface area contributed by atoms with E-state index in [-0.39, 0.29) is 0 Å². The number of benzene rings is 2. The summed E-state index contributed by atoms with van der Waals surface area (Å²) in [5, 5.41) is 1.91. The number of hydrogen-bond acceptors (Lipinski definition) is 3.